The van der Waals surface area contributed by atoms with Gasteiger partial charge in [0.15, 0.2) is 5.75 Å². The first-order chi connectivity index (χ1) is 8.24. The molecule has 0 aliphatic carbocycles. The molecule has 0 radical (unpaired) electrons. The van der Waals surface area contributed by atoms with Crippen LogP contribution in [0.2, 0.25) is 0 Å². The van der Waals surface area contributed by atoms with E-state index in [4.69, 9.17) is 9.47 Å². The molecule has 5 heteroatoms. The highest BCUT2D eigenvalue weighted by atomic mass is 16.5. The molecule has 0 atom stereocenters. The van der Waals surface area contributed by atoms with Crippen molar-refractivity contribution in [1.29, 1.82) is 0 Å². The van der Waals surface area contributed by atoms with E-state index < -0.39 is 0 Å². The maximum absolute atomic E-state index is 11.9. The third-order valence-corrected chi connectivity index (χ3v) is 2.32. The Balaban J connectivity index is 2.85. The Hall–Kier alpha value is -1.75. The Morgan fingerprint density at radius 1 is 1.35 bits per heavy atom. The summed E-state index contributed by atoms with van der Waals surface area (Å²) in [4.78, 5) is 11.9. The van der Waals surface area contributed by atoms with Gasteiger partial charge in [0.05, 0.1) is 25.0 Å². The second-order valence-corrected chi connectivity index (χ2v) is 3.39. The molecule has 0 fully saturated rings. The first kappa shape index (κ1) is 13.3. The molecule has 2 N–H and O–H groups in total. The fourth-order valence-corrected chi connectivity index (χ4v) is 1.49. The molecule has 0 saturated carbocycles. The highest BCUT2D eigenvalue weighted by Gasteiger charge is 2.14. The van der Waals surface area contributed by atoms with Crippen LogP contribution in [-0.4, -0.2) is 40.3 Å². The van der Waals surface area contributed by atoms with E-state index in [0.717, 1.165) is 5.69 Å². The predicted molar refractivity (Wildman–Crippen MR) is 66.7 cm³/mol. The van der Waals surface area contributed by atoms with E-state index >= 15 is 0 Å². The van der Waals surface area contributed by atoms with Crippen molar-refractivity contribution in [2.45, 2.75) is 0 Å². The lowest BCUT2D eigenvalue weighted by atomic mass is 10.1. The minimum Gasteiger partial charge on any atom is -0.494 e. The molecular weight excluding hydrogens is 220 g/mol. The largest absolute Gasteiger partial charge is 0.494 e. The number of benzene rings is 1. The zero-order chi connectivity index (χ0) is 12.7. The van der Waals surface area contributed by atoms with E-state index in [1.165, 1.54) is 0 Å². The van der Waals surface area contributed by atoms with Gasteiger partial charge in [-0.2, -0.15) is 0 Å². The third-order valence-electron chi connectivity index (χ3n) is 2.32. The van der Waals surface area contributed by atoms with Crippen molar-refractivity contribution in [3.05, 3.63) is 23.8 Å². The van der Waals surface area contributed by atoms with Gasteiger partial charge in [0.1, 0.15) is 0 Å². The number of nitrogens with one attached hydrogen (secondary N) is 2. The second kappa shape index (κ2) is 6.75. The van der Waals surface area contributed by atoms with Gasteiger partial charge < -0.3 is 20.1 Å². The Morgan fingerprint density at radius 3 is 2.71 bits per heavy atom. The molecule has 1 rings (SSSR count). The molecule has 0 aromatic heterocycles. The van der Waals surface area contributed by atoms with Crippen molar-refractivity contribution in [1.82, 2.24) is 5.32 Å². The molecule has 0 aliphatic rings. The molecule has 0 bridgehead atoms. The quantitative estimate of drug-likeness (QED) is 0.729. The van der Waals surface area contributed by atoms with Gasteiger partial charge in [0.2, 0.25) is 0 Å². The Bertz CT molecular complexity index is 380. The number of ether oxygens (including phenoxy) is 2. The summed E-state index contributed by atoms with van der Waals surface area (Å²) in [6.07, 6.45) is 0. The van der Waals surface area contributed by atoms with Crippen LogP contribution in [0.5, 0.6) is 5.75 Å². The van der Waals surface area contributed by atoms with Crippen LogP contribution in [-0.2, 0) is 4.74 Å². The van der Waals surface area contributed by atoms with Crippen molar-refractivity contribution >= 4 is 11.6 Å². The average molecular weight is 238 g/mol. The van der Waals surface area contributed by atoms with Crippen LogP contribution < -0.4 is 15.4 Å². The summed E-state index contributed by atoms with van der Waals surface area (Å²) in [5.74, 6) is 0.376. The second-order valence-electron chi connectivity index (χ2n) is 3.39. The van der Waals surface area contributed by atoms with Gasteiger partial charge in [-0.25, -0.2) is 0 Å². The first-order valence-electron chi connectivity index (χ1n) is 5.36. The smallest absolute Gasteiger partial charge is 0.255 e. The lowest BCUT2D eigenvalue weighted by Gasteiger charge is -2.12. The van der Waals surface area contributed by atoms with Crippen LogP contribution in [0.25, 0.3) is 0 Å². The van der Waals surface area contributed by atoms with Crippen molar-refractivity contribution in [2.24, 2.45) is 0 Å². The summed E-state index contributed by atoms with van der Waals surface area (Å²) in [6.45, 7) is 0.960. The molecule has 1 amide bonds. The molecule has 0 saturated heterocycles. The zero-order valence-corrected chi connectivity index (χ0v) is 10.4. The van der Waals surface area contributed by atoms with Crippen molar-refractivity contribution in [2.75, 3.05) is 39.7 Å². The molecule has 94 valence electrons. The van der Waals surface area contributed by atoms with Gasteiger partial charge in [-0.05, 0) is 12.1 Å². The molecule has 0 aliphatic heterocycles. The summed E-state index contributed by atoms with van der Waals surface area (Å²) in [5, 5.41) is 5.73. The molecule has 1 aromatic rings. The van der Waals surface area contributed by atoms with Crippen LogP contribution in [0.1, 0.15) is 10.4 Å². The van der Waals surface area contributed by atoms with Crippen molar-refractivity contribution in [3.63, 3.8) is 0 Å². The van der Waals surface area contributed by atoms with Crippen LogP contribution in [0, 0.1) is 0 Å². The summed E-state index contributed by atoms with van der Waals surface area (Å²) in [7, 11) is 4.92. The van der Waals surface area contributed by atoms with Gasteiger partial charge in [0, 0.05) is 20.7 Å². The van der Waals surface area contributed by atoms with Crippen LogP contribution >= 0.6 is 0 Å². The van der Waals surface area contributed by atoms with Crippen LogP contribution in [0.3, 0.4) is 0 Å². The molecule has 5 nitrogen and oxygen atoms in total. The van der Waals surface area contributed by atoms with E-state index in [0.29, 0.717) is 24.5 Å². The number of methoxy groups -OCH3 is 2. The van der Waals surface area contributed by atoms with Crippen LogP contribution in [0.15, 0.2) is 18.2 Å². The number of para-hydroxylation sites is 1. The molecule has 0 unspecified atom stereocenters. The number of hydrogen-bond acceptors (Lipinski definition) is 4. The maximum atomic E-state index is 11.9. The van der Waals surface area contributed by atoms with Crippen LogP contribution in [0.4, 0.5) is 5.69 Å². The minimum absolute atomic E-state index is 0.170. The zero-order valence-electron chi connectivity index (χ0n) is 10.4. The minimum atomic E-state index is -0.170. The maximum Gasteiger partial charge on any atom is 0.255 e. The van der Waals surface area contributed by atoms with Crippen molar-refractivity contribution in [3.8, 4) is 5.75 Å². The van der Waals surface area contributed by atoms with Gasteiger partial charge in [-0.15, -0.1) is 0 Å². The fraction of sp³-hybridized carbons (Fsp3) is 0.417. The van der Waals surface area contributed by atoms with Crippen molar-refractivity contribution < 1.29 is 14.3 Å². The fourth-order valence-electron chi connectivity index (χ4n) is 1.49. The molecule has 17 heavy (non-hydrogen) atoms. The third kappa shape index (κ3) is 3.35. The monoisotopic (exact) mass is 238 g/mol. The van der Waals surface area contributed by atoms with E-state index in [9.17, 15) is 4.79 Å². The van der Waals surface area contributed by atoms with E-state index in [-0.39, 0.29) is 5.91 Å². The SMILES string of the molecule is CNc1cccc(C(=O)NCCOC)c1OC. The Labute approximate surface area is 101 Å². The number of amides is 1. The summed E-state index contributed by atoms with van der Waals surface area (Å²) in [6, 6.07) is 5.38. The molecule has 0 spiro atoms. The normalized spacial score (nSPS) is 9.82. The summed E-state index contributed by atoms with van der Waals surface area (Å²) < 4.78 is 10.1. The van der Waals surface area contributed by atoms with Gasteiger partial charge in [-0.1, -0.05) is 6.07 Å². The first-order valence-corrected chi connectivity index (χ1v) is 5.36. The van der Waals surface area contributed by atoms with E-state index in [2.05, 4.69) is 10.6 Å². The topological polar surface area (TPSA) is 59.6 Å². The highest BCUT2D eigenvalue weighted by molar-refractivity contribution is 5.98. The average Bonchev–Trinajstić information content (AvgIpc) is 2.37. The molecular formula is C12H18N2O3. The van der Waals surface area contributed by atoms with E-state index in [1.807, 2.05) is 6.07 Å². The van der Waals surface area contributed by atoms with E-state index in [1.54, 1.807) is 33.4 Å². The lowest BCUT2D eigenvalue weighted by Crippen LogP contribution is -2.27. The number of anilines is 1. The number of hydrogen-bond donors (Lipinski definition) is 2. The lowest BCUT2D eigenvalue weighted by molar-refractivity contribution is 0.0934. The van der Waals surface area contributed by atoms with Gasteiger partial charge in [-0.3, -0.25) is 4.79 Å². The Morgan fingerprint density at radius 2 is 2.12 bits per heavy atom. The highest BCUT2D eigenvalue weighted by Crippen LogP contribution is 2.27. The Kier molecular flexibility index (Phi) is 5.29. The van der Waals surface area contributed by atoms with Gasteiger partial charge in [0.25, 0.3) is 5.91 Å². The summed E-state index contributed by atoms with van der Waals surface area (Å²) >= 11 is 0. The predicted octanol–water partition coefficient (Wildman–Crippen LogP) is 1.11. The molecule has 1 aromatic carbocycles. The van der Waals surface area contributed by atoms with Gasteiger partial charge >= 0.3 is 0 Å². The number of rotatable bonds is 6. The molecule has 0 heterocycles. The number of carbonyl (C=O) groups is 1. The standard InChI is InChI=1S/C12H18N2O3/c1-13-10-6-4-5-9(11(10)17-3)12(15)14-7-8-16-2/h4-6,13H,7-8H2,1-3H3,(H,14,15). The summed E-state index contributed by atoms with van der Waals surface area (Å²) in [5.41, 5.74) is 1.29. The number of carbonyl (C=O) groups excluding carboxylic acids is 1.